The molecule has 1 aromatic rings. The summed E-state index contributed by atoms with van der Waals surface area (Å²) in [6.45, 7) is 3.65. The average Bonchev–Trinajstić information content (AvgIpc) is 2.98. The van der Waals surface area contributed by atoms with E-state index in [2.05, 4.69) is 15.5 Å². The Hall–Kier alpha value is -2.32. The number of piperazine rings is 1. The minimum atomic E-state index is -0.598. The molecule has 0 aromatic heterocycles. The molecular formula is C18H21ClN4O4. The predicted octanol–water partition coefficient (Wildman–Crippen LogP) is 0.0400. The first-order valence-electron chi connectivity index (χ1n) is 9.04. The van der Waals surface area contributed by atoms with Crippen molar-refractivity contribution in [3.8, 4) is 5.75 Å². The van der Waals surface area contributed by atoms with E-state index in [-0.39, 0.29) is 36.5 Å². The number of benzene rings is 1. The highest BCUT2D eigenvalue weighted by molar-refractivity contribution is 6.06. The Morgan fingerprint density at radius 3 is 2.81 bits per heavy atom. The van der Waals surface area contributed by atoms with Gasteiger partial charge < -0.3 is 19.9 Å². The van der Waals surface area contributed by atoms with E-state index in [0.717, 1.165) is 36.6 Å². The summed E-state index contributed by atoms with van der Waals surface area (Å²) in [7, 11) is 0. The van der Waals surface area contributed by atoms with Crippen LogP contribution in [0.4, 0.5) is 5.69 Å². The second-order valence-corrected chi connectivity index (χ2v) is 7.20. The number of amides is 3. The van der Waals surface area contributed by atoms with Crippen LogP contribution in [0.25, 0.3) is 0 Å². The van der Waals surface area contributed by atoms with Gasteiger partial charge >= 0.3 is 0 Å². The SMILES string of the molecule is Cl.O=C1CC[C@H](N2Cc3c(ccc4c3OC[C@@H]3CNCCN43)C2=O)C(=O)N1. The maximum Gasteiger partial charge on any atom is 0.255 e. The van der Waals surface area contributed by atoms with Crippen LogP contribution in [0.2, 0.25) is 0 Å². The van der Waals surface area contributed by atoms with Crippen molar-refractivity contribution >= 4 is 35.8 Å². The third-order valence-electron chi connectivity index (χ3n) is 5.73. The van der Waals surface area contributed by atoms with Gasteiger partial charge in [0.1, 0.15) is 18.4 Å². The number of halogens is 1. The highest BCUT2D eigenvalue weighted by Gasteiger charge is 2.42. The number of carbonyl (C=O) groups excluding carboxylic acids is 3. The van der Waals surface area contributed by atoms with Crippen molar-refractivity contribution in [2.75, 3.05) is 31.1 Å². The molecule has 2 saturated heterocycles. The summed E-state index contributed by atoms with van der Waals surface area (Å²) in [5, 5.41) is 5.71. The molecule has 0 radical (unpaired) electrons. The molecule has 0 unspecified atom stereocenters. The lowest BCUT2D eigenvalue weighted by molar-refractivity contribution is -0.136. The molecule has 2 atom stereocenters. The second-order valence-electron chi connectivity index (χ2n) is 7.20. The zero-order valence-electron chi connectivity index (χ0n) is 14.7. The fourth-order valence-electron chi connectivity index (χ4n) is 4.39. The van der Waals surface area contributed by atoms with Gasteiger partial charge in [0.25, 0.3) is 5.91 Å². The van der Waals surface area contributed by atoms with Gasteiger partial charge in [-0.15, -0.1) is 12.4 Å². The van der Waals surface area contributed by atoms with Gasteiger partial charge in [0.05, 0.1) is 18.3 Å². The normalized spacial score (nSPS) is 26.4. The lowest BCUT2D eigenvalue weighted by Gasteiger charge is -2.42. The van der Waals surface area contributed by atoms with Gasteiger partial charge in [0, 0.05) is 37.2 Å². The van der Waals surface area contributed by atoms with E-state index in [4.69, 9.17) is 4.74 Å². The molecule has 5 rings (SSSR count). The van der Waals surface area contributed by atoms with E-state index in [1.807, 2.05) is 12.1 Å². The molecule has 144 valence electrons. The lowest BCUT2D eigenvalue weighted by Crippen LogP contribution is -2.55. The van der Waals surface area contributed by atoms with E-state index in [1.165, 1.54) is 0 Å². The molecule has 8 nitrogen and oxygen atoms in total. The zero-order chi connectivity index (χ0) is 17.8. The Morgan fingerprint density at radius 2 is 2.00 bits per heavy atom. The van der Waals surface area contributed by atoms with E-state index in [1.54, 1.807) is 4.90 Å². The minimum absolute atomic E-state index is 0. The Balaban J connectivity index is 0.00000180. The van der Waals surface area contributed by atoms with Crippen molar-refractivity contribution in [1.29, 1.82) is 0 Å². The first kappa shape index (κ1) is 18.1. The highest BCUT2D eigenvalue weighted by atomic mass is 35.5. The zero-order valence-corrected chi connectivity index (χ0v) is 15.5. The Bertz CT molecular complexity index is 830. The van der Waals surface area contributed by atoms with Gasteiger partial charge in [-0.25, -0.2) is 0 Å². The topological polar surface area (TPSA) is 91.0 Å². The van der Waals surface area contributed by atoms with Crippen molar-refractivity contribution in [3.05, 3.63) is 23.3 Å². The molecule has 0 spiro atoms. The number of fused-ring (bicyclic) bond motifs is 5. The summed E-state index contributed by atoms with van der Waals surface area (Å²) >= 11 is 0. The van der Waals surface area contributed by atoms with Crippen LogP contribution >= 0.6 is 12.4 Å². The van der Waals surface area contributed by atoms with Crippen molar-refractivity contribution in [1.82, 2.24) is 15.5 Å². The molecule has 9 heteroatoms. The molecule has 1 aromatic carbocycles. The number of carbonyl (C=O) groups is 3. The van der Waals surface area contributed by atoms with E-state index in [0.29, 0.717) is 31.2 Å². The van der Waals surface area contributed by atoms with Gasteiger partial charge in [0.15, 0.2) is 0 Å². The number of piperidine rings is 1. The molecule has 0 aliphatic carbocycles. The van der Waals surface area contributed by atoms with Crippen LogP contribution in [-0.4, -0.2) is 60.9 Å². The Morgan fingerprint density at radius 1 is 1.15 bits per heavy atom. The molecule has 2 fully saturated rings. The third kappa shape index (κ3) is 2.74. The highest BCUT2D eigenvalue weighted by Crippen LogP contribution is 2.43. The molecule has 4 heterocycles. The number of anilines is 1. The van der Waals surface area contributed by atoms with Gasteiger partial charge in [-0.3, -0.25) is 19.7 Å². The average molecular weight is 393 g/mol. The maximum absolute atomic E-state index is 12.9. The largest absolute Gasteiger partial charge is 0.489 e. The van der Waals surface area contributed by atoms with Crippen LogP contribution in [0.3, 0.4) is 0 Å². The van der Waals surface area contributed by atoms with Crippen molar-refractivity contribution < 1.29 is 19.1 Å². The summed E-state index contributed by atoms with van der Waals surface area (Å²) in [4.78, 5) is 40.4. The summed E-state index contributed by atoms with van der Waals surface area (Å²) in [5.41, 5.74) is 2.48. The smallest absolute Gasteiger partial charge is 0.255 e. The molecular weight excluding hydrogens is 372 g/mol. The van der Waals surface area contributed by atoms with E-state index in [9.17, 15) is 14.4 Å². The number of imide groups is 1. The van der Waals surface area contributed by atoms with Crippen LogP contribution in [0.5, 0.6) is 5.75 Å². The molecule has 0 saturated carbocycles. The molecule has 4 aliphatic heterocycles. The number of ether oxygens (including phenoxy) is 1. The Labute approximate surface area is 162 Å². The van der Waals surface area contributed by atoms with Crippen LogP contribution in [0, 0.1) is 0 Å². The van der Waals surface area contributed by atoms with Crippen LogP contribution < -0.4 is 20.3 Å². The summed E-state index contributed by atoms with van der Waals surface area (Å²) in [6, 6.07) is 3.50. The molecule has 27 heavy (non-hydrogen) atoms. The first-order valence-corrected chi connectivity index (χ1v) is 9.04. The molecule has 4 aliphatic rings. The van der Waals surface area contributed by atoms with E-state index < -0.39 is 6.04 Å². The summed E-state index contributed by atoms with van der Waals surface area (Å²) in [6.07, 6.45) is 0.626. The minimum Gasteiger partial charge on any atom is -0.489 e. The monoisotopic (exact) mass is 392 g/mol. The quantitative estimate of drug-likeness (QED) is 0.656. The fourth-order valence-corrected chi connectivity index (χ4v) is 4.39. The van der Waals surface area contributed by atoms with Crippen LogP contribution in [0.15, 0.2) is 12.1 Å². The molecule has 3 amide bonds. The maximum atomic E-state index is 12.9. The van der Waals surface area contributed by atoms with Crippen LogP contribution in [0.1, 0.15) is 28.8 Å². The summed E-state index contributed by atoms with van der Waals surface area (Å²) in [5.74, 6) is -0.0626. The lowest BCUT2D eigenvalue weighted by atomic mass is 10.0. The number of hydrogen-bond acceptors (Lipinski definition) is 6. The number of rotatable bonds is 1. The molecule has 0 bridgehead atoms. The fraction of sp³-hybridized carbons (Fsp3) is 0.500. The Kier molecular flexibility index (Phi) is 4.47. The van der Waals surface area contributed by atoms with E-state index >= 15 is 0 Å². The van der Waals surface area contributed by atoms with Gasteiger partial charge in [-0.2, -0.15) is 0 Å². The van der Waals surface area contributed by atoms with Crippen molar-refractivity contribution in [2.45, 2.75) is 31.5 Å². The number of nitrogens with one attached hydrogen (secondary N) is 2. The van der Waals surface area contributed by atoms with Crippen molar-refractivity contribution in [2.24, 2.45) is 0 Å². The molecule has 2 N–H and O–H groups in total. The predicted molar refractivity (Wildman–Crippen MR) is 99.2 cm³/mol. The first-order chi connectivity index (χ1) is 12.6. The standard InChI is InChI=1S/C18H20N4O4.ClH/c23-15-4-3-14(17(24)20-15)22-8-12-11(18(22)25)1-2-13-16(12)26-9-10-7-19-5-6-21(10)13;/h1-2,10,14,19H,3-9H2,(H,20,23,24);1H/t10-,14-;/m0./s1. The van der Waals surface area contributed by atoms with Crippen molar-refractivity contribution in [3.63, 3.8) is 0 Å². The third-order valence-corrected chi connectivity index (χ3v) is 5.73. The summed E-state index contributed by atoms with van der Waals surface area (Å²) < 4.78 is 6.05. The van der Waals surface area contributed by atoms with Gasteiger partial charge in [-0.05, 0) is 18.6 Å². The van der Waals surface area contributed by atoms with Crippen LogP contribution in [-0.2, 0) is 16.1 Å². The number of hydrogen-bond donors (Lipinski definition) is 2. The second kappa shape index (κ2) is 6.69. The van der Waals surface area contributed by atoms with Gasteiger partial charge in [-0.1, -0.05) is 0 Å². The van der Waals surface area contributed by atoms with Gasteiger partial charge in [0.2, 0.25) is 11.8 Å². The number of nitrogens with zero attached hydrogens (tertiary/aromatic N) is 2.